The number of hydrogen-bond donors (Lipinski definition) is 1. The lowest BCUT2D eigenvalue weighted by Gasteiger charge is -2.23. The number of benzene rings is 1. The summed E-state index contributed by atoms with van der Waals surface area (Å²) in [5.41, 5.74) is 2.70. The van der Waals surface area contributed by atoms with E-state index in [0.29, 0.717) is 11.5 Å². The second-order valence-electron chi connectivity index (χ2n) is 4.99. The topological polar surface area (TPSA) is 47.6 Å². The maximum absolute atomic E-state index is 11.5. The molecule has 1 N–H and O–H groups in total. The molecule has 1 unspecified atom stereocenters. The molecular formula is C15H21NO3. The van der Waals surface area contributed by atoms with Gasteiger partial charge in [-0.15, -0.1) is 0 Å². The fourth-order valence-corrected chi connectivity index (χ4v) is 2.28. The summed E-state index contributed by atoms with van der Waals surface area (Å²) in [5, 5.41) is 3.41. The minimum Gasteiger partial charge on any atom is -0.465 e. The minimum absolute atomic E-state index is 0.302. The molecule has 1 fully saturated rings. The molecule has 1 aromatic carbocycles. The molecule has 1 heterocycles. The number of carbonyl (C=O) groups excluding carboxylic acids is 1. The molecule has 2 rings (SSSR count). The molecule has 0 bridgehead atoms. The molecule has 0 aromatic heterocycles. The van der Waals surface area contributed by atoms with Gasteiger partial charge < -0.3 is 14.8 Å². The van der Waals surface area contributed by atoms with Crippen LogP contribution in [0, 0.1) is 12.8 Å². The van der Waals surface area contributed by atoms with Crippen LogP contribution in [-0.2, 0) is 9.47 Å². The van der Waals surface area contributed by atoms with Crippen LogP contribution in [0.3, 0.4) is 0 Å². The summed E-state index contributed by atoms with van der Waals surface area (Å²) < 4.78 is 10.2. The number of nitrogens with one attached hydrogen (secondary N) is 1. The lowest BCUT2D eigenvalue weighted by atomic mass is 10.0. The summed E-state index contributed by atoms with van der Waals surface area (Å²) in [6, 6.07) is 5.58. The maximum Gasteiger partial charge on any atom is 0.337 e. The molecule has 1 aliphatic rings. The Labute approximate surface area is 114 Å². The quantitative estimate of drug-likeness (QED) is 0.848. The zero-order valence-corrected chi connectivity index (χ0v) is 11.6. The van der Waals surface area contributed by atoms with E-state index in [1.54, 1.807) is 6.07 Å². The average Bonchev–Trinajstić information content (AvgIpc) is 2.46. The molecule has 0 radical (unpaired) electrons. The van der Waals surface area contributed by atoms with Gasteiger partial charge in [0.05, 0.1) is 19.3 Å². The number of anilines is 1. The van der Waals surface area contributed by atoms with Gasteiger partial charge in [0.1, 0.15) is 0 Å². The van der Waals surface area contributed by atoms with Gasteiger partial charge in [-0.2, -0.15) is 0 Å². The minimum atomic E-state index is -0.302. The molecule has 0 spiro atoms. The second kappa shape index (κ2) is 6.57. The van der Waals surface area contributed by atoms with Crippen LogP contribution in [0.5, 0.6) is 0 Å². The van der Waals surface area contributed by atoms with Crippen LogP contribution in [0.15, 0.2) is 18.2 Å². The summed E-state index contributed by atoms with van der Waals surface area (Å²) in [5.74, 6) is 0.249. The van der Waals surface area contributed by atoms with Crippen molar-refractivity contribution in [2.75, 3.05) is 32.2 Å². The third kappa shape index (κ3) is 3.70. The number of aryl methyl sites for hydroxylation is 1. The molecule has 1 aliphatic heterocycles. The van der Waals surface area contributed by atoms with Crippen LogP contribution in [0.4, 0.5) is 5.69 Å². The van der Waals surface area contributed by atoms with Crippen molar-refractivity contribution in [1.29, 1.82) is 0 Å². The number of esters is 1. The summed E-state index contributed by atoms with van der Waals surface area (Å²) in [7, 11) is 1.40. The normalized spacial score (nSPS) is 18.9. The monoisotopic (exact) mass is 263 g/mol. The molecule has 0 aliphatic carbocycles. The predicted octanol–water partition coefficient (Wildman–Crippen LogP) is 2.62. The zero-order chi connectivity index (χ0) is 13.7. The molecule has 4 heteroatoms. The van der Waals surface area contributed by atoms with Crippen molar-refractivity contribution in [3.05, 3.63) is 29.3 Å². The Kier molecular flexibility index (Phi) is 4.80. The molecule has 1 aromatic rings. The van der Waals surface area contributed by atoms with Crippen molar-refractivity contribution in [3.8, 4) is 0 Å². The van der Waals surface area contributed by atoms with Gasteiger partial charge in [-0.05, 0) is 43.4 Å². The van der Waals surface area contributed by atoms with E-state index in [0.717, 1.165) is 37.4 Å². The van der Waals surface area contributed by atoms with E-state index >= 15 is 0 Å². The van der Waals surface area contributed by atoms with Crippen molar-refractivity contribution in [2.45, 2.75) is 19.8 Å². The lowest BCUT2D eigenvalue weighted by Crippen LogP contribution is -2.24. The number of rotatable bonds is 4. The van der Waals surface area contributed by atoms with Gasteiger partial charge in [0, 0.05) is 18.8 Å². The first-order valence-corrected chi connectivity index (χ1v) is 6.71. The molecule has 0 amide bonds. The van der Waals surface area contributed by atoms with Crippen molar-refractivity contribution in [2.24, 2.45) is 5.92 Å². The number of ether oxygens (including phenoxy) is 2. The average molecular weight is 263 g/mol. The van der Waals surface area contributed by atoms with Gasteiger partial charge in [-0.1, -0.05) is 6.07 Å². The molecular weight excluding hydrogens is 242 g/mol. The van der Waals surface area contributed by atoms with E-state index in [1.165, 1.54) is 13.5 Å². The van der Waals surface area contributed by atoms with E-state index in [4.69, 9.17) is 9.47 Å². The zero-order valence-electron chi connectivity index (χ0n) is 11.6. The number of carbonyl (C=O) groups is 1. The Morgan fingerprint density at radius 3 is 3.05 bits per heavy atom. The van der Waals surface area contributed by atoms with E-state index in [1.807, 2.05) is 19.1 Å². The molecule has 1 atom stereocenters. The standard InChI is InChI=1S/C15H21NO3/c1-11-5-6-13(15(17)18-2)8-14(11)16-9-12-4-3-7-19-10-12/h5-6,8,12,16H,3-4,7,9-10H2,1-2H3. The number of methoxy groups -OCH3 is 1. The summed E-state index contributed by atoms with van der Waals surface area (Å²) in [4.78, 5) is 11.5. The van der Waals surface area contributed by atoms with Crippen LogP contribution in [-0.4, -0.2) is 32.8 Å². The molecule has 4 nitrogen and oxygen atoms in total. The van der Waals surface area contributed by atoms with Crippen molar-refractivity contribution >= 4 is 11.7 Å². The van der Waals surface area contributed by atoms with E-state index in [9.17, 15) is 4.79 Å². The highest BCUT2D eigenvalue weighted by molar-refractivity contribution is 5.90. The fraction of sp³-hybridized carbons (Fsp3) is 0.533. The van der Waals surface area contributed by atoms with Crippen molar-refractivity contribution in [1.82, 2.24) is 0 Å². The Hall–Kier alpha value is -1.55. The number of hydrogen-bond acceptors (Lipinski definition) is 4. The third-order valence-corrected chi connectivity index (χ3v) is 3.49. The van der Waals surface area contributed by atoms with Crippen LogP contribution >= 0.6 is 0 Å². The molecule has 0 saturated carbocycles. The maximum atomic E-state index is 11.5. The first kappa shape index (κ1) is 13.9. The second-order valence-corrected chi connectivity index (χ2v) is 4.99. The smallest absolute Gasteiger partial charge is 0.337 e. The molecule has 1 saturated heterocycles. The highest BCUT2D eigenvalue weighted by atomic mass is 16.5. The molecule has 104 valence electrons. The van der Waals surface area contributed by atoms with E-state index in [-0.39, 0.29) is 5.97 Å². The predicted molar refractivity (Wildman–Crippen MR) is 74.6 cm³/mol. The SMILES string of the molecule is COC(=O)c1ccc(C)c(NCC2CCCOC2)c1. The highest BCUT2D eigenvalue weighted by Gasteiger charge is 2.14. The fourth-order valence-electron chi connectivity index (χ4n) is 2.28. The van der Waals surface area contributed by atoms with Gasteiger partial charge >= 0.3 is 5.97 Å². The summed E-state index contributed by atoms with van der Waals surface area (Å²) in [6.45, 7) is 4.61. The largest absolute Gasteiger partial charge is 0.465 e. The Bertz CT molecular complexity index is 439. The van der Waals surface area contributed by atoms with Crippen LogP contribution < -0.4 is 5.32 Å². The van der Waals surface area contributed by atoms with Crippen LogP contribution in [0.25, 0.3) is 0 Å². The first-order valence-electron chi connectivity index (χ1n) is 6.71. The Morgan fingerprint density at radius 1 is 1.53 bits per heavy atom. The van der Waals surface area contributed by atoms with Crippen LogP contribution in [0.2, 0.25) is 0 Å². The van der Waals surface area contributed by atoms with Gasteiger partial charge in [-0.25, -0.2) is 4.79 Å². The summed E-state index contributed by atoms with van der Waals surface area (Å²) >= 11 is 0. The van der Waals surface area contributed by atoms with Gasteiger partial charge in [0.2, 0.25) is 0 Å². The Balaban J connectivity index is 2.00. The third-order valence-electron chi connectivity index (χ3n) is 3.49. The van der Waals surface area contributed by atoms with Gasteiger partial charge in [0.25, 0.3) is 0 Å². The van der Waals surface area contributed by atoms with E-state index < -0.39 is 0 Å². The Morgan fingerprint density at radius 2 is 2.37 bits per heavy atom. The first-order chi connectivity index (χ1) is 9.20. The van der Waals surface area contributed by atoms with Crippen molar-refractivity contribution < 1.29 is 14.3 Å². The van der Waals surface area contributed by atoms with Gasteiger partial charge in [0.15, 0.2) is 0 Å². The lowest BCUT2D eigenvalue weighted by molar-refractivity contribution is 0.0593. The van der Waals surface area contributed by atoms with Gasteiger partial charge in [-0.3, -0.25) is 0 Å². The van der Waals surface area contributed by atoms with E-state index in [2.05, 4.69) is 5.32 Å². The summed E-state index contributed by atoms with van der Waals surface area (Å²) in [6.07, 6.45) is 2.33. The molecule has 19 heavy (non-hydrogen) atoms. The van der Waals surface area contributed by atoms with Crippen molar-refractivity contribution in [3.63, 3.8) is 0 Å². The van der Waals surface area contributed by atoms with Crippen LogP contribution in [0.1, 0.15) is 28.8 Å². The highest BCUT2D eigenvalue weighted by Crippen LogP contribution is 2.20.